The molecule has 1 aliphatic rings. The maximum Gasteiger partial charge on any atom is 0.238 e. The van der Waals surface area contributed by atoms with Gasteiger partial charge in [-0.3, -0.25) is 15.2 Å². The van der Waals surface area contributed by atoms with E-state index < -0.39 is 0 Å². The zero-order chi connectivity index (χ0) is 13.5. The molecule has 20 heavy (non-hydrogen) atoms. The first-order valence-electron chi connectivity index (χ1n) is 6.79. The largest absolute Gasteiger partial charge is 0.456 e. The van der Waals surface area contributed by atoms with Crippen molar-refractivity contribution < 1.29 is 9.21 Å². The highest BCUT2D eigenvalue weighted by Crippen LogP contribution is 2.31. The number of carbonyl (C=O) groups excluding carboxylic acids is 1. The summed E-state index contributed by atoms with van der Waals surface area (Å²) in [5, 5.41) is 4.10. The number of hydrogen-bond donors (Lipinski definition) is 1. The van der Waals surface area contributed by atoms with Crippen LogP contribution in [0.4, 0.5) is 5.69 Å². The second-order valence-electron chi connectivity index (χ2n) is 5.07. The fourth-order valence-electron chi connectivity index (χ4n) is 2.74. The van der Waals surface area contributed by atoms with Crippen molar-refractivity contribution in [2.75, 3.05) is 11.6 Å². The van der Waals surface area contributed by atoms with E-state index in [1.165, 1.54) is 0 Å². The molecule has 4 nitrogen and oxygen atoms in total. The third-order valence-corrected chi connectivity index (χ3v) is 3.72. The first-order valence-corrected chi connectivity index (χ1v) is 6.79. The maximum absolute atomic E-state index is 11.5. The number of hydrogen-bond acceptors (Lipinski definition) is 3. The Morgan fingerprint density at radius 2 is 1.90 bits per heavy atom. The maximum atomic E-state index is 11.5. The summed E-state index contributed by atoms with van der Waals surface area (Å²) in [6.45, 7) is 0.840. The van der Waals surface area contributed by atoms with Crippen molar-refractivity contribution in [1.82, 2.24) is 5.43 Å². The Labute approximate surface area is 115 Å². The molecule has 1 saturated heterocycles. The highest BCUT2D eigenvalue weighted by molar-refractivity contribution is 6.06. The third-order valence-electron chi connectivity index (χ3n) is 3.72. The summed E-state index contributed by atoms with van der Waals surface area (Å²) in [5.74, 6) is 0.0772. The minimum atomic E-state index is 0.0772. The molecule has 0 radical (unpaired) electrons. The van der Waals surface area contributed by atoms with Crippen molar-refractivity contribution in [2.24, 2.45) is 0 Å². The normalized spacial score (nSPS) is 15.8. The average molecular weight is 266 g/mol. The van der Waals surface area contributed by atoms with Crippen LogP contribution in [0.25, 0.3) is 21.9 Å². The Balaban J connectivity index is 1.85. The Morgan fingerprint density at radius 3 is 2.80 bits per heavy atom. The van der Waals surface area contributed by atoms with Gasteiger partial charge in [0.05, 0.1) is 5.69 Å². The van der Waals surface area contributed by atoms with Gasteiger partial charge in [0.15, 0.2) is 0 Å². The minimum absolute atomic E-state index is 0.0772. The molecule has 0 aliphatic carbocycles. The van der Waals surface area contributed by atoms with Gasteiger partial charge in [-0.05, 0) is 30.7 Å². The Bertz CT molecular complexity index is 806. The van der Waals surface area contributed by atoms with E-state index in [0.717, 1.165) is 40.6 Å². The number of nitrogens with one attached hydrogen (secondary N) is 1. The molecule has 4 heteroatoms. The van der Waals surface area contributed by atoms with Crippen LogP contribution in [0.3, 0.4) is 0 Å². The van der Waals surface area contributed by atoms with Crippen LogP contribution >= 0.6 is 0 Å². The second-order valence-corrected chi connectivity index (χ2v) is 5.07. The summed E-state index contributed by atoms with van der Waals surface area (Å²) in [6, 6.07) is 14.0. The van der Waals surface area contributed by atoms with Crippen molar-refractivity contribution in [1.29, 1.82) is 0 Å². The van der Waals surface area contributed by atoms with Gasteiger partial charge in [-0.1, -0.05) is 18.2 Å². The fraction of sp³-hybridized carbons (Fsp3) is 0.188. The predicted octanol–water partition coefficient (Wildman–Crippen LogP) is 3.22. The zero-order valence-corrected chi connectivity index (χ0v) is 10.9. The number of anilines is 1. The van der Waals surface area contributed by atoms with E-state index in [9.17, 15) is 4.79 Å². The molecule has 0 atom stereocenters. The van der Waals surface area contributed by atoms with Gasteiger partial charge >= 0.3 is 0 Å². The summed E-state index contributed by atoms with van der Waals surface area (Å²) in [7, 11) is 0. The number of carbonyl (C=O) groups is 1. The molecule has 1 amide bonds. The first-order chi connectivity index (χ1) is 9.81. The topological polar surface area (TPSA) is 45.5 Å². The van der Waals surface area contributed by atoms with Gasteiger partial charge in [-0.15, -0.1) is 0 Å². The summed E-state index contributed by atoms with van der Waals surface area (Å²) in [5.41, 5.74) is 5.66. The van der Waals surface area contributed by atoms with E-state index in [2.05, 4.69) is 17.6 Å². The van der Waals surface area contributed by atoms with Gasteiger partial charge in [0.2, 0.25) is 5.91 Å². The van der Waals surface area contributed by atoms with E-state index in [0.29, 0.717) is 6.42 Å². The number of furan rings is 1. The van der Waals surface area contributed by atoms with Crippen LogP contribution in [-0.4, -0.2) is 12.5 Å². The first kappa shape index (κ1) is 11.3. The monoisotopic (exact) mass is 266 g/mol. The second kappa shape index (κ2) is 4.27. The van der Waals surface area contributed by atoms with Crippen LogP contribution in [-0.2, 0) is 4.79 Å². The average Bonchev–Trinajstić information content (AvgIpc) is 2.85. The molecule has 100 valence electrons. The molecular formula is C16H14N2O2. The standard InChI is InChI=1S/C16H14N2O2/c19-16-6-3-9-18(17-16)11-7-8-15-13(10-11)12-4-1-2-5-14(12)20-15/h1-2,4-5,7-8,10H,3,6,9H2,(H,17,19). The number of para-hydroxylation sites is 1. The van der Waals surface area contributed by atoms with Gasteiger partial charge in [0.1, 0.15) is 11.2 Å². The molecule has 1 N–H and O–H groups in total. The van der Waals surface area contributed by atoms with E-state index in [1.807, 2.05) is 35.3 Å². The van der Waals surface area contributed by atoms with Gasteiger partial charge < -0.3 is 4.42 Å². The SMILES string of the molecule is O=C1CCCN(c2ccc3oc4ccccc4c3c2)N1. The third kappa shape index (κ3) is 1.72. The van der Waals surface area contributed by atoms with Crippen LogP contribution < -0.4 is 10.4 Å². The molecule has 0 bridgehead atoms. The molecule has 1 fully saturated rings. The summed E-state index contributed by atoms with van der Waals surface area (Å²) in [6.07, 6.45) is 1.49. The molecule has 2 heterocycles. The Morgan fingerprint density at radius 1 is 1.05 bits per heavy atom. The van der Waals surface area contributed by atoms with E-state index >= 15 is 0 Å². The van der Waals surface area contributed by atoms with Crippen LogP contribution in [0.1, 0.15) is 12.8 Å². The van der Waals surface area contributed by atoms with E-state index in [-0.39, 0.29) is 5.91 Å². The summed E-state index contributed by atoms with van der Waals surface area (Å²) < 4.78 is 5.81. The molecule has 2 aromatic carbocycles. The number of amides is 1. The van der Waals surface area contributed by atoms with Crippen LogP contribution in [0, 0.1) is 0 Å². The predicted molar refractivity (Wildman–Crippen MR) is 78.4 cm³/mol. The van der Waals surface area contributed by atoms with Crippen LogP contribution in [0.15, 0.2) is 46.9 Å². The molecule has 0 unspecified atom stereocenters. The van der Waals surface area contributed by atoms with Crippen molar-refractivity contribution in [3.8, 4) is 0 Å². The van der Waals surface area contributed by atoms with E-state index in [4.69, 9.17) is 4.42 Å². The Hall–Kier alpha value is -2.49. The van der Waals surface area contributed by atoms with Gasteiger partial charge in [0, 0.05) is 23.7 Å². The van der Waals surface area contributed by atoms with Crippen molar-refractivity contribution >= 4 is 33.5 Å². The lowest BCUT2D eigenvalue weighted by molar-refractivity contribution is -0.122. The number of benzene rings is 2. The molecule has 3 aromatic rings. The lowest BCUT2D eigenvalue weighted by Gasteiger charge is -2.29. The Kier molecular flexibility index (Phi) is 2.42. The van der Waals surface area contributed by atoms with Gasteiger partial charge in [-0.25, -0.2) is 0 Å². The fourth-order valence-corrected chi connectivity index (χ4v) is 2.74. The number of fused-ring (bicyclic) bond motifs is 3. The smallest absolute Gasteiger partial charge is 0.238 e. The van der Waals surface area contributed by atoms with Crippen molar-refractivity contribution in [3.63, 3.8) is 0 Å². The molecule has 1 aromatic heterocycles. The molecule has 4 rings (SSSR count). The highest BCUT2D eigenvalue weighted by atomic mass is 16.3. The number of rotatable bonds is 1. The molecule has 1 aliphatic heterocycles. The highest BCUT2D eigenvalue weighted by Gasteiger charge is 2.17. The molecule has 0 spiro atoms. The van der Waals surface area contributed by atoms with Crippen LogP contribution in [0.2, 0.25) is 0 Å². The van der Waals surface area contributed by atoms with Gasteiger partial charge in [0.25, 0.3) is 0 Å². The lowest BCUT2D eigenvalue weighted by Crippen LogP contribution is -2.46. The van der Waals surface area contributed by atoms with Crippen LogP contribution in [0.5, 0.6) is 0 Å². The zero-order valence-electron chi connectivity index (χ0n) is 10.9. The van der Waals surface area contributed by atoms with E-state index in [1.54, 1.807) is 0 Å². The summed E-state index contributed by atoms with van der Waals surface area (Å²) in [4.78, 5) is 11.5. The minimum Gasteiger partial charge on any atom is -0.456 e. The quantitative estimate of drug-likeness (QED) is 0.735. The van der Waals surface area contributed by atoms with Gasteiger partial charge in [-0.2, -0.15) is 0 Å². The summed E-state index contributed by atoms with van der Waals surface area (Å²) >= 11 is 0. The number of hydrazine groups is 1. The lowest BCUT2D eigenvalue weighted by atomic mass is 10.1. The number of nitrogens with zero attached hydrogens (tertiary/aromatic N) is 1. The molecular weight excluding hydrogens is 252 g/mol. The van der Waals surface area contributed by atoms with Crippen molar-refractivity contribution in [2.45, 2.75) is 12.8 Å². The molecule has 0 saturated carbocycles. The van der Waals surface area contributed by atoms with Crippen molar-refractivity contribution in [3.05, 3.63) is 42.5 Å².